The van der Waals surface area contributed by atoms with E-state index in [9.17, 15) is 4.79 Å². The van der Waals surface area contributed by atoms with E-state index in [0.717, 1.165) is 12.2 Å². The van der Waals surface area contributed by atoms with E-state index in [0.29, 0.717) is 6.54 Å². The third kappa shape index (κ3) is 3.62. The average Bonchev–Trinajstić information content (AvgIpc) is 2.80. The molecular formula is C14H16N2O2S. The molecule has 0 saturated heterocycles. The van der Waals surface area contributed by atoms with E-state index < -0.39 is 5.97 Å². The molecule has 0 radical (unpaired) electrons. The first kappa shape index (κ1) is 13.7. The van der Waals surface area contributed by atoms with Gasteiger partial charge in [0.1, 0.15) is 0 Å². The highest BCUT2D eigenvalue weighted by Crippen LogP contribution is 2.14. The lowest BCUT2D eigenvalue weighted by Gasteiger charge is -2.16. The number of aromatic carboxylic acids is 1. The van der Waals surface area contributed by atoms with Gasteiger partial charge >= 0.3 is 5.97 Å². The second-order valence-corrected chi connectivity index (χ2v) is 5.41. The number of rotatable bonds is 5. The molecule has 0 spiro atoms. The first-order chi connectivity index (χ1) is 9.06. The summed E-state index contributed by atoms with van der Waals surface area (Å²) in [5, 5.41) is 10.8. The maximum absolute atomic E-state index is 10.8. The van der Waals surface area contributed by atoms with Crippen molar-refractivity contribution in [2.75, 3.05) is 7.05 Å². The van der Waals surface area contributed by atoms with Gasteiger partial charge in [-0.05, 0) is 25.1 Å². The van der Waals surface area contributed by atoms with E-state index >= 15 is 0 Å². The Balaban J connectivity index is 1.99. The molecule has 0 aliphatic heterocycles. The minimum atomic E-state index is -0.960. The van der Waals surface area contributed by atoms with Crippen LogP contribution in [0.1, 0.15) is 26.6 Å². The zero-order valence-corrected chi connectivity index (χ0v) is 11.8. The van der Waals surface area contributed by atoms with Gasteiger partial charge in [0.2, 0.25) is 5.01 Å². The minimum Gasteiger partial charge on any atom is -0.476 e. The van der Waals surface area contributed by atoms with Crippen molar-refractivity contribution in [3.8, 4) is 0 Å². The van der Waals surface area contributed by atoms with Gasteiger partial charge in [-0.15, -0.1) is 11.3 Å². The normalized spacial score (nSPS) is 10.9. The number of hydrogen-bond donors (Lipinski definition) is 1. The highest BCUT2D eigenvalue weighted by molar-refractivity contribution is 7.11. The van der Waals surface area contributed by atoms with Crippen molar-refractivity contribution in [3.05, 3.63) is 51.5 Å². The number of hydrogen-bond acceptors (Lipinski definition) is 4. The van der Waals surface area contributed by atoms with Gasteiger partial charge in [-0.25, -0.2) is 9.78 Å². The van der Waals surface area contributed by atoms with Crippen molar-refractivity contribution < 1.29 is 9.90 Å². The number of aromatic nitrogens is 1. The summed E-state index contributed by atoms with van der Waals surface area (Å²) >= 11 is 1.17. The molecule has 0 fully saturated rings. The van der Waals surface area contributed by atoms with Gasteiger partial charge in [-0.2, -0.15) is 0 Å². The van der Waals surface area contributed by atoms with Crippen LogP contribution in [0.4, 0.5) is 0 Å². The van der Waals surface area contributed by atoms with Crippen LogP contribution in [0.15, 0.2) is 29.6 Å². The Morgan fingerprint density at radius 1 is 1.37 bits per heavy atom. The largest absolute Gasteiger partial charge is 0.476 e. The molecule has 2 rings (SSSR count). The lowest BCUT2D eigenvalue weighted by Crippen LogP contribution is -2.18. The molecule has 1 N–H and O–H groups in total. The fourth-order valence-electron chi connectivity index (χ4n) is 1.89. The van der Waals surface area contributed by atoms with Crippen molar-refractivity contribution in [2.45, 2.75) is 20.0 Å². The summed E-state index contributed by atoms with van der Waals surface area (Å²) in [7, 11) is 2.01. The van der Waals surface area contributed by atoms with Crippen LogP contribution < -0.4 is 0 Å². The molecule has 0 saturated carbocycles. The van der Waals surface area contributed by atoms with Gasteiger partial charge in [0.05, 0.1) is 5.69 Å². The molecule has 0 aliphatic rings. The van der Waals surface area contributed by atoms with Crippen LogP contribution in [0.3, 0.4) is 0 Å². The molecular weight excluding hydrogens is 260 g/mol. The van der Waals surface area contributed by atoms with Crippen molar-refractivity contribution >= 4 is 17.3 Å². The molecule has 0 atom stereocenters. The third-order valence-corrected chi connectivity index (χ3v) is 3.75. The zero-order chi connectivity index (χ0) is 13.8. The Morgan fingerprint density at radius 3 is 2.74 bits per heavy atom. The Labute approximate surface area is 116 Å². The Morgan fingerprint density at radius 2 is 2.11 bits per heavy atom. The monoisotopic (exact) mass is 276 g/mol. The van der Waals surface area contributed by atoms with Crippen molar-refractivity contribution in [1.82, 2.24) is 9.88 Å². The quantitative estimate of drug-likeness (QED) is 0.912. The smallest absolute Gasteiger partial charge is 0.365 e. The Kier molecular flexibility index (Phi) is 4.29. The first-order valence-electron chi connectivity index (χ1n) is 5.97. The van der Waals surface area contributed by atoms with Gasteiger partial charge in [0, 0.05) is 18.5 Å². The first-order valence-corrected chi connectivity index (χ1v) is 6.85. The second kappa shape index (κ2) is 5.95. The fourth-order valence-corrected chi connectivity index (χ4v) is 2.53. The molecule has 0 amide bonds. The van der Waals surface area contributed by atoms with Crippen LogP contribution in [-0.2, 0) is 13.1 Å². The van der Waals surface area contributed by atoms with Crippen molar-refractivity contribution in [1.29, 1.82) is 0 Å². The molecule has 2 aromatic rings. The van der Waals surface area contributed by atoms with E-state index in [1.807, 2.05) is 19.2 Å². The maximum atomic E-state index is 10.8. The van der Waals surface area contributed by atoms with E-state index in [-0.39, 0.29) is 5.01 Å². The van der Waals surface area contributed by atoms with E-state index in [2.05, 4.69) is 28.9 Å². The highest BCUT2D eigenvalue weighted by atomic mass is 32.1. The minimum absolute atomic E-state index is 0.152. The van der Waals surface area contributed by atoms with E-state index in [1.54, 1.807) is 5.38 Å². The standard InChI is InChI=1S/C14H16N2O2S/c1-10-5-3-4-6-11(10)7-16(2)8-12-9-19-13(15-12)14(17)18/h3-6,9H,7-8H2,1-2H3,(H,17,18). The predicted molar refractivity (Wildman–Crippen MR) is 75.4 cm³/mol. The van der Waals surface area contributed by atoms with Gasteiger partial charge in [0.25, 0.3) is 0 Å². The molecule has 19 heavy (non-hydrogen) atoms. The number of carbonyl (C=O) groups is 1. The summed E-state index contributed by atoms with van der Waals surface area (Å²) in [6.45, 7) is 3.57. The molecule has 100 valence electrons. The van der Waals surface area contributed by atoms with Crippen LogP contribution >= 0.6 is 11.3 Å². The summed E-state index contributed by atoms with van der Waals surface area (Å²) in [4.78, 5) is 17.0. The van der Waals surface area contributed by atoms with Crippen molar-refractivity contribution in [2.24, 2.45) is 0 Å². The predicted octanol–water partition coefficient (Wildman–Crippen LogP) is 2.78. The highest BCUT2D eigenvalue weighted by Gasteiger charge is 2.11. The summed E-state index contributed by atoms with van der Waals surface area (Å²) in [6, 6.07) is 8.25. The molecule has 0 aliphatic carbocycles. The van der Waals surface area contributed by atoms with Crippen LogP contribution in [0, 0.1) is 6.92 Å². The van der Waals surface area contributed by atoms with Gasteiger partial charge in [-0.3, -0.25) is 4.90 Å². The zero-order valence-electron chi connectivity index (χ0n) is 11.0. The Hall–Kier alpha value is -1.72. The molecule has 5 heteroatoms. The number of aryl methyl sites for hydroxylation is 1. The van der Waals surface area contributed by atoms with Crippen LogP contribution in [0.2, 0.25) is 0 Å². The molecule has 0 bridgehead atoms. The summed E-state index contributed by atoms with van der Waals surface area (Å²) in [5.41, 5.74) is 3.34. The number of benzene rings is 1. The molecule has 4 nitrogen and oxygen atoms in total. The second-order valence-electron chi connectivity index (χ2n) is 4.55. The van der Waals surface area contributed by atoms with Gasteiger partial charge in [-0.1, -0.05) is 24.3 Å². The SMILES string of the molecule is Cc1ccccc1CN(C)Cc1csc(C(=O)O)n1. The van der Waals surface area contributed by atoms with Crippen LogP contribution in [0.5, 0.6) is 0 Å². The van der Waals surface area contributed by atoms with E-state index in [1.165, 1.54) is 22.5 Å². The summed E-state index contributed by atoms with van der Waals surface area (Å²) in [5.74, 6) is -0.960. The molecule has 1 aromatic heterocycles. The van der Waals surface area contributed by atoms with Crippen LogP contribution in [-0.4, -0.2) is 28.0 Å². The molecule has 1 heterocycles. The van der Waals surface area contributed by atoms with E-state index in [4.69, 9.17) is 5.11 Å². The number of nitrogens with zero attached hydrogens (tertiary/aromatic N) is 2. The van der Waals surface area contributed by atoms with Gasteiger partial charge < -0.3 is 5.11 Å². The Bertz CT molecular complexity index is 580. The topological polar surface area (TPSA) is 53.4 Å². The maximum Gasteiger partial charge on any atom is 0.365 e. The van der Waals surface area contributed by atoms with Gasteiger partial charge in [0.15, 0.2) is 0 Å². The number of carboxylic acids is 1. The average molecular weight is 276 g/mol. The lowest BCUT2D eigenvalue weighted by atomic mass is 10.1. The number of carboxylic acid groups (broad SMARTS) is 1. The van der Waals surface area contributed by atoms with Crippen molar-refractivity contribution in [3.63, 3.8) is 0 Å². The summed E-state index contributed by atoms with van der Waals surface area (Å²) < 4.78 is 0. The fraction of sp³-hybridized carbons (Fsp3) is 0.286. The molecule has 1 aromatic carbocycles. The third-order valence-electron chi connectivity index (χ3n) is 2.87. The molecule has 0 unspecified atom stereocenters. The van der Waals surface area contributed by atoms with Crippen LogP contribution in [0.25, 0.3) is 0 Å². The lowest BCUT2D eigenvalue weighted by molar-refractivity contribution is 0.0696. The number of thiazole rings is 1. The summed E-state index contributed by atoms with van der Waals surface area (Å²) in [6.07, 6.45) is 0.